The zero-order chi connectivity index (χ0) is 9.84. The molecule has 0 aliphatic heterocycles. The van der Waals surface area contributed by atoms with E-state index in [1.165, 1.54) is 6.07 Å². The van der Waals surface area contributed by atoms with Crippen LogP contribution in [0.4, 0.5) is 4.39 Å². The van der Waals surface area contributed by atoms with Gasteiger partial charge < -0.3 is 5.11 Å². The van der Waals surface area contributed by atoms with Crippen molar-refractivity contribution in [3.63, 3.8) is 0 Å². The molecule has 0 amide bonds. The molecule has 0 aromatic heterocycles. The van der Waals surface area contributed by atoms with Gasteiger partial charge >= 0.3 is 5.97 Å². The monoisotopic (exact) mass is 182 g/mol. The van der Waals surface area contributed by atoms with Gasteiger partial charge in [0, 0.05) is 0 Å². The number of hydrogen-bond donors (Lipinski definition) is 1. The molecule has 0 aliphatic carbocycles. The third-order valence-electron chi connectivity index (χ3n) is 1.91. The molecular formula is C10H11FO2. The van der Waals surface area contributed by atoms with Crippen molar-refractivity contribution in [2.45, 2.75) is 13.3 Å². The summed E-state index contributed by atoms with van der Waals surface area (Å²) in [5, 5.41) is 8.61. The predicted octanol–water partition coefficient (Wildman–Crippen LogP) is 2.09. The van der Waals surface area contributed by atoms with Crippen molar-refractivity contribution in [3.05, 3.63) is 35.6 Å². The van der Waals surface area contributed by atoms with Crippen molar-refractivity contribution in [1.29, 1.82) is 0 Å². The average molecular weight is 182 g/mol. The van der Waals surface area contributed by atoms with Crippen LogP contribution in [0.2, 0.25) is 0 Å². The summed E-state index contributed by atoms with van der Waals surface area (Å²) < 4.78 is 13.0. The number of benzene rings is 1. The standard InChI is InChI=1S/C10H11FO2/c1-7(10(12)13)6-8-4-2-3-5-9(8)11/h2-5,7H,6H2,1H3,(H,12,13)/t7-/m1/s1. The summed E-state index contributed by atoms with van der Waals surface area (Å²) in [5.74, 6) is -1.78. The Morgan fingerprint density at radius 3 is 2.69 bits per heavy atom. The van der Waals surface area contributed by atoms with Gasteiger partial charge in [-0.05, 0) is 18.1 Å². The first-order valence-corrected chi connectivity index (χ1v) is 4.07. The van der Waals surface area contributed by atoms with Gasteiger partial charge in [-0.25, -0.2) is 4.39 Å². The van der Waals surface area contributed by atoms with Crippen molar-refractivity contribution < 1.29 is 14.3 Å². The Bertz CT molecular complexity index is 310. The van der Waals surface area contributed by atoms with Crippen molar-refractivity contribution in [1.82, 2.24) is 0 Å². The minimum atomic E-state index is -0.900. The van der Waals surface area contributed by atoms with Crippen molar-refractivity contribution in [2.75, 3.05) is 0 Å². The molecule has 1 N–H and O–H groups in total. The van der Waals surface area contributed by atoms with Crippen LogP contribution in [-0.4, -0.2) is 11.1 Å². The van der Waals surface area contributed by atoms with E-state index in [-0.39, 0.29) is 12.2 Å². The Balaban J connectivity index is 2.74. The smallest absolute Gasteiger partial charge is 0.306 e. The Labute approximate surface area is 76.0 Å². The molecule has 0 heterocycles. The molecule has 1 aromatic rings. The highest BCUT2D eigenvalue weighted by Gasteiger charge is 2.13. The normalized spacial score (nSPS) is 12.5. The summed E-state index contributed by atoms with van der Waals surface area (Å²) in [6.07, 6.45) is 0.238. The third-order valence-corrected chi connectivity index (χ3v) is 1.91. The van der Waals surface area contributed by atoms with Gasteiger partial charge in [0.15, 0.2) is 0 Å². The summed E-state index contributed by atoms with van der Waals surface area (Å²) in [6, 6.07) is 6.23. The highest BCUT2D eigenvalue weighted by Crippen LogP contribution is 2.12. The number of rotatable bonds is 3. The van der Waals surface area contributed by atoms with Gasteiger partial charge in [-0.2, -0.15) is 0 Å². The van der Waals surface area contributed by atoms with Crippen molar-refractivity contribution >= 4 is 5.97 Å². The lowest BCUT2D eigenvalue weighted by Crippen LogP contribution is -2.12. The molecule has 0 spiro atoms. The minimum Gasteiger partial charge on any atom is -0.481 e. The molecule has 0 radical (unpaired) electrons. The van der Waals surface area contributed by atoms with E-state index in [0.717, 1.165) is 0 Å². The van der Waals surface area contributed by atoms with Gasteiger partial charge in [0.05, 0.1) is 5.92 Å². The van der Waals surface area contributed by atoms with Crippen LogP contribution < -0.4 is 0 Å². The number of carbonyl (C=O) groups is 1. The van der Waals surface area contributed by atoms with Gasteiger partial charge in [-0.3, -0.25) is 4.79 Å². The zero-order valence-electron chi connectivity index (χ0n) is 7.33. The lowest BCUT2D eigenvalue weighted by Gasteiger charge is -2.06. The van der Waals surface area contributed by atoms with Gasteiger partial charge in [-0.15, -0.1) is 0 Å². The first kappa shape index (κ1) is 9.71. The van der Waals surface area contributed by atoms with Crippen molar-refractivity contribution in [2.24, 2.45) is 5.92 Å². The molecule has 13 heavy (non-hydrogen) atoms. The second-order valence-electron chi connectivity index (χ2n) is 3.03. The molecule has 3 heteroatoms. The van der Waals surface area contributed by atoms with E-state index in [4.69, 9.17) is 5.11 Å². The molecule has 0 saturated carbocycles. The Hall–Kier alpha value is -1.38. The van der Waals surface area contributed by atoms with Crippen LogP contribution >= 0.6 is 0 Å². The maximum atomic E-state index is 13.0. The van der Waals surface area contributed by atoms with E-state index in [1.54, 1.807) is 25.1 Å². The molecule has 1 rings (SSSR count). The molecule has 1 atom stereocenters. The van der Waals surface area contributed by atoms with Crippen LogP contribution in [0.1, 0.15) is 12.5 Å². The second kappa shape index (κ2) is 4.03. The molecule has 1 aromatic carbocycles. The molecule has 70 valence electrons. The van der Waals surface area contributed by atoms with E-state index in [1.807, 2.05) is 0 Å². The molecule has 2 nitrogen and oxygen atoms in total. The lowest BCUT2D eigenvalue weighted by molar-refractivity contribution is -0.141. The number of halogens is 1. The van der Waals surface area contributed by atoms with E-state index in [9.17, 15) is 9.18 Å². The summed E-state index contributed by atoms with van der Waals surface area (Å²) in [5.41, 5.74) is 0.456. The van der Waals surface area contributed by atoms with E-state index in [2.05, 4.69) is 0 Å². The average Bonchev–Trinajstić information content (AvgIpc) is 2.08. The number of hydrogen-bond acceptors (Lipinski definition) is 1. The van der Waals surface area contributed by atoms with E-state index < -0.39 is 11.9 Å². The number of carboxylic acid groups (broad SMARTS) is 1. The van der Waals surface area contributed by atoms with Gasteiger partial charge in [-0.1, -0.05) is 25.1 Å². The van der Waals surface area contributed by atoms with Crippen LogP contribution in [0.5, 0.6) is 0 Å². The molecule has 0 fully saturated rings. The lowest BCUT2D eigenvalue weighted by atomic mass is 10.0. The Morgan fingerprint density at radius 1 is 1.54 bits per heavy atom. The first-order valence-electron chi connectivity index (χ1n) is 4.07. The Kier molecular flexibility index (Phi) is 3.01. The van der Waals surface area contributed by atoms with Gasteiger partial charge in [0.1, 0.15) is 5.82 Å². The molecule has 0 saturated heterocycles. The fourth-order valence-electron chi connectivity index (χ4n) is 1.08. The van der Waals surface area contributed by atoms with Crippen LogP contribution in [0.3, 0.4) is 0 Å². The van der Waals surface area contributed by atoms with E-state index in [0.29, 0.717) is 5.56 Å². The van der Waals surface area contributed by atoms with Gasteiger partial charge in [0.2, 0.25) is 0 Å². The SMILES string of the molecule is C[C@H](Cc1ccccc1F)C(=O)O. The topological polar surface area (TPSA) is 37.3 Å². The van der Waals surface area contributed by atoms with Gasteiger partial charge in [0.25, 0.3) is 0 Å². The molecule has 0 aliphatic rings. The van der Waals surface area contributed by atoms with Crippen LogP contribution in [0, 0.1) is 11.7 Å². The molecule has 0 bridgehead atoms. The largest absolute Gasteiger partial charge is 0.481 e. The fourth-order valence-corrected chi connectivity index (χ4v) is 1.08. The fraction of sp³-hybridized carbons (Fsp3) is 0.300. The molecular weight excluding hydrogens is 171 g/mol. The second-order valence-corrected chi connectivity index (χ2v) is 3.03. The minimum absolute atomic E-state index is 0.238. The summed E-state index contributed by atoms with van der Waals surface area (Å²) >= 11 is 0. The maximum absolute atomic E-state index is 13.0. The summed E-state index contributed by atoms with van der Waals surface area (Å²) in [6.45, 7) is 1.56. The van der Waals surface area contributed by atoms with Crippen molar-refractivity contribution in [3.8, 4) is 0 Å². The summed E-state index contributed by atoms with van der Waals surface area (Å²) in [4.78, 5) is 10.5. The van der Waals surface area contributed by atoms with Crippen LogP contribution in [0.15, 0.2) is 24.3 Å². The number of carboxylic acids is 1. The maximum Gasteiger partial charge on any atom is 0.306 e. The first-order chi connectivity index (χ1) is 6.11. The third kappa shape index (κ3) is 2.54. The highest BCUT2D eigenvalue weighted by atomic mass is 19.1. The van der Waals surface area contributed by atoms with Crippen LogP contribution in [-0.2, 0) is 11.2 Å². The van der Waals surface area contributed by atoms with Crippen LogP contribution in [0.25, 0.3) is 0 Å². The quantitative estimate of drug-likeness (QED) is 0.777. The summed E-state index contributed by atoms with van der Waals surface area (Å²) in [7, 11) is 0. The molecule has 0 unspecified atom stereocenters. The van der Waals surface area contributed by atoms with E-state index >= 15 is 0 Å². The zero-order valence-corrected chi connectivity index (χ0v) is 7.33. The number of aliphatic carboxylic acids is 1. The highest BCUT2D eigenvalue weighted by molar-refractivity contribution is 5.69. The predicted molar refractivity (Wildman–Crippen MR) is 46.9 cm³/mol. The Morgan fingerprint density at radius 2 is 2.15 bits per heavy atom.